The van der Waals surface area contributed by atoms with Crippen LogP contribution in [0.5, 0.6) is 0 Å². The second-order valence-corrected chi connectivity index (χ2v) is 4.21. The molecular formula is C17H32O10. The summed E-state index contributed by atoms with van der Waals surface area (Å²) in [5.41, 5.74) is 0. The average Bonchev–Trinajstić information content (AvgIpc) is 2.68. The summed E-state index contributed by atoms with van der Waals surface area (Å²) in [4.78, 5) is 19.8. The Hall–Kier alpha value is -1.82. The lowest BCUT2D eigenvalue weighted by Gasteiger charge is -2.06. The summed E-state index contributed by atoms with van der Waals surface area (Å²) in [7, 11) is 1.38. The number of carboxylic acid groups (broad SMARTS) is 1. The molecule has 0 radical (unpaired) electrons. The summed E-state index contributed by atoms with van der Waals surface area (Å²) in [6.45, 7) is 10.9. The van der Waals surface area contributed by atoms with Crippen LogP contribution in [0.2, 0.25) is 0 Å². The molecule has 0 heterocycles. The molecular weight excluding hydrogens is 364 g/mol. The summed E-state index contributed by atoms with van der Waals surface area (Å²) in [6.07, 6.45) is 1.08. The zero-order valence-electron chi connectivity index (χ0n) is 16.0. The highest BCUT2D eigenvalue weighted by Gasteiger charge is 1.98. The Kier molecular flexibility index (Phi) is 29.3. The van der Waals surface area contributed by atoms with Gasteiger partial charge in [0.05, 0.1) is 39.6 Å². The molecule has 3 N–H and O–H groups in total. The van der Waals surface area contributed by atoms with Gasteiger partial charge in [0.2, 0.25) is 0 Å². The Balaban J connectivity index is -0.000000356. The maximum atomic E-state index is 10.5. The van der Waals surface area contributed by atoms with Crippen LogP contribution in [0.15, 0.2) is 25.3 Å². The molecule has 0 rings (SSSR count). The standard InChI is InChI=1S/C9H16O4.C5H12O4.C3H4O2/c1-3-9(10)13-8-7-12-6-5-11-4-2;1-8-5(7)4-9-3-2-6;1-2-3(4)5/h3H,1,4-8H2,2H3;5-7H,2-4H2,1H3;2H,1H2,(H,4,5). The average molecular weight is 396 g/mol. The van der Waals surface area contributed by atoms with Crippen molar-refractivity contribution < 1.29 is 48.6 Å². The molecule has 0 saturated heterocycles. The van der Waals surface area contributed by atoms with E-state index in [0.717, 1.165) is 12.2 Å². The summed E-state index contributed by atoms with van der Waals surface area (Å²) in [5.74, 6) is -1.40. The van der Waals surface area contributed by atoms with Gasteiger partial charge in [-0.25, -0.2) is 9.59 Å². The quantitative estimate of drug-likeness (QED) is 0.159. The molecule has 10 heteroatoms. The van der Waals surface area contributed by atoms with Crippen molar-refractivity contribution in [1.82, 2.24) is 0 Å². The lowest BCUT2D eigenvalue weighted by Crippen LogP contribution is -2.18. The first kappa shape index (κ1) is 29.9. The fraction of sp³-hybridized carbons (Fsp3) is 0.647. The monoisotopic (exact) mass is 396 g/mol. The van der Waals surface area contributed by atoms with E-state index in [2.05, 4.69) is 22.6 Å². The molecule has 0 amide bonds. The van der Waals surface area contributed by atoms with Crippen LogP contribution in [0.4, 0.5) is 0 Å². The number of carbonyl (C=O) groups excluding carboxylic acids is 1. The topological polar surface area (TPSA) is 141 Å². The van der Waals surface area contributed by atoms with Crippen LogP contribution in [0, 0.1) is 0 Å². The van der Waals surface area contributed by atoms with Gasteiger partial charge in [0.25, 0.3) is 0 Å². The van der Waals surface area contributed by atoms with Crippen LogP contribution >= 0.6 is 0 Å². The molecule has 10 nitrogen and oxygen atoms in total. The number of aliphatic carboxylic acids is 1. The molecule has 0 aromatic heterocycles. The molecule has 0 saturated carbocycles. The van der Waals surface area contributed by atoms with Crippen molar-refractivity contribution >= 4 is 11.9 Å². The van der Waals surface area contributed by atoms with E-state index in [1.165, 1.54) is 7.11 Å². The van der Waals surface area contributed by atoms with Crippen molar-refractivity contribution in [2.45, 2.75) is 13.2 Å². The second kappa shape index (κ2) is 26.4. The van der Waals surface area contributed by atoms with E-state index in [9.17, 15) is 9.59 Å². The molecule has 0 fully saturated rings. The molecule has 0 aromatic carbocycles. The first-order valence-electron chi connectivity index (χ1n) is 8.08. The molecule has 0 aliphatic rings. The van der Waals surface area contributed by atoms with E-state index in [1.54, 1.807) is 0 Å². The second-order valence-electron chi connectivity index (χ2n) is 4.21. The van der Waals surface area contributed by atoms with Gasteiger partial charge in [-0.05, 0) is 6.92 Å². The molecule has 1 unspecified atom stereocenters. The summed E-state index contributed by atoms with van der Waals surface area (Å²) in [5, 5.41) is 24.5. The lowest BCUT2D eigenvalue weighted by atomic mass is 10.6. The number of esters is 1. The van der Waals surface area contributed by atoms with Gasteiger partial charge in [-0.3, -0.25) is 0 Å². The molecule has 0 spiro atoms. The molecule has 160 valence electrons. The van der Waals surface area contributed by atoms with Gasteiger partial charge >= 0.3 is 11.9 Å². The zero-order valence-corrected chi connectivity index (χ0v) is 16.0. The van der Waals surface area contributed by atoms with Crippen LogP contribution in [0.3, 0.4) is 0 Å². The first-order valence-corrected chi connectivity index (χ1v) is 8.08. The number of ether oxygens (including phenoxy) is 5. The van der Waals surface area contributed by atoms with Gasteiger partial charge in [0, 0.05) is 25.9 Å². The zero-order chi connectivity index (χ0) is 21.3. The number of methoxy groups -OCH3 is 1. The van der Waals surface area contributed by atoms with Gasteiger partial charge in [-0.1, -0.05) is 13.2 Å². The number of carbonyl (C=O) groups is 2. The summed E-state index contributed by atoms with van der Waals surface area (Å²) < 4.78 is 24.0. The van der Waals surface area contributed by atoms with Crippen LogP contribution in [0.1, 0.15) is 6.92 Å². The number of hydrogen-bond acceptors (Lipinski definition) is 9. The Morgan fingerprint density at radius 2 is 1.56 bits per heavy atom. The molecule has 0 bridgehead atoms. The number of hydrogen-bond donors (Lipinski definition) is 3. The Bertz CT molecular complexity index is 360. The number of aliphatic hydroxyl groups excluding tert-OH is 2. The molecule has 27 heavy (non-hydrogen) atoms. The summed E-state index contributed by atoms with van der Waals surface area (Å²) in [6, 6.07) is 0. The maximum absolute atomic E-state index is 10.5. The minimum absolute atomic E-state index is 0.0313. The van der Waals surface area contributed by atoms with E-state index < -0.39 is 18.2 Å². The molecule has 0 aromatic rings. The third-order valence-corrected chi connectivity index (χ3v) is 2.16. The third kappa shape index (κ3) is 36.0. The van der Waals surface area contributed by atoms with Crippen molar-refractivity contribution in [3.63, 3.8) is 0 Å². The van der Waals surface area contributed by atoms with Gasteiger partial charge in [0.15, 0.2) is 6.29 Å². The Labute approximate surface area is 159 Å². The Morgan fingerprint density at radius 3 is 2.00 bits per heavy atom. The van der Waals surface area contributed by atoms with Crippen LogP contribution in [-0.2, 0) is 33.3 Å². The lowest BCUT2D eigenvalue weighted by molar-refractivity contribution is -0.139. The van der Waals surface area contributed by atoms with Crippen molar-refractivity contribution in [2.24, 2.45) is 0 Å². The van der Waals surface area contributed by atoms with Gasteiger partial charge in [-0.15, -0.1) is 0 Å². The minimum atomic E-state index is -0.981. The van der Waals surface area contributed by atoms with E-state index in [4.69, 9.17) is 29.5 Å². The van der Waals surface area contributed by atoms with Crippen molar-refractivity contribution in [3.8, 4) is 0 Å². The highest BCUT2D eigenvalue weighted by molar-refractivity contribution is 5.81. The number of aliphatic hydroxyl groups is 2. The van der Waals surface area contributed by atoms with Crippen LogP contribution in [-0.4, -0.2) is 93.5 Å². The third-order valence-electron chi connectivity index (χ3n) is 2.16. The highest BCUT2D eigenvalue weighted by atomic mass is 16.6. The summed E-state index contributed by atoms with van der Waals surface area (Å²) >= 11 is 0. The van der Waals surface area contributed by atoms with Gasteiger partial charge in [-0.2, -0.15) is 0 Å². The maximum Gasteiger partial charge on any atom is 0.330 e. The molecule has 1 atom stereocenters. The van der Waals surface area contributed by atoms with E-state index >= 15 is 0 Å². The molecule has 0 aliphatic heterocycles. The Morgan fingerprint density at radius 1 is 1.00 bits per heavy atom. The fourth-order valence-electron chi connectivity index (χ4n) is 0.941. The van der Waals surface area contributed by atoms with Crippen LogP contribution < -0.4 is 0 Å². The minimum Gasteiger partial charge on any atom is -0.478 e. The SMILES string of the molecule is C=CC(=O)O.C=CC(=O)OCCOCCOCC.COC(O)COCCO. The van der Waals surface area contributed by atoms with E-state index in [1.807, 2.05) is 6.92 Å². The van der Waals surface area contributed by atoms with Gasteiger partial charge < -0.3 is 39.0 Å². The van der Waals surface area contributed by atoms with Crippen LogP contribution in [0.25, 0.3) is 0 Å². The smallest absolute Gasteiger partial charge is 0.330 e. The van der Waals surface area contributed by atoms with E-state index in [0.29, 0.717) is 26.4 Å². The molecule has 0 aliphatic carbocycles. The normalized spacial score (nSPS) is 10.4. The fourth-order valence-corrected chi connectivity index (χ4v) is 0.941. The first-order chi connectivity index (χ1) is 12.9. The van der Waals surface area contributed by atoms with Crippen molar-refractivity contribution in [3.05, 3.63) is 25.3 Å². The van der Waals surface area contributed by atoms with Crippen molar-refractivity contribution in [1.29, 1.82) is 0 Å². The number of rotatable bonds is 14. The predicted octanol–water partition coefficient (Wildman–Crippen LogP) is -0.0142. The predicted molar refractivity (Wildman–Crippen MR) is 97.2 cm³/mol. The highest BCUT2D eigenvalue weighted by Crippen LogP contribution is 1.84. The largest absolute Gasteiger partial charge is 0.478 e. The van der Waals surface area contributed by atoms with E-state index in [-0.39, 0.29) is 26.4 Å². The number of carboxylic acids is 1. The van der Waals surface area contributed by atoms with Crippen molar-refractivity contribution in [2.75, 3.05) is 60.0 Å². The van der Waals surface area contributed by atoms with Gasteiger partial charge in [0.1, 0.15) is 6.61 Å².